The lowest BCUT2D eigenvalue weighted by molar-refractivity contribution is 0.0597. The molecule has 0 radical (unpaired) electrons. The molecule has 1 saturated carbocycles. The van der Waals surface area contributed by atoms with Crippen LogP contribution in [0.4, 0.5) is 0 Å². The minimum atomic E-state index is 0.242. The van der Waals surface area contributed by atoms with Gasteiger partial charge in [0.15, 0.2) is 0 Å². The second-order valence-electron chi connectivity index (χ2n) is 6.65. The Hall–Kier alpha value is -0.120. The van der Waals surface area contributed by atoms with E-state index in [0.29, 0.717) is 6.04 Å². The van der Waals surface area contributed by atoms with Gasteiger partial charge in [-0.2, -0.15) is 0 Å². The zero-order valence-electron chi connectivity index (χ0n) is 12.5. The number of nitrogens with two attached hydrogens (primary N) is 1. The fourth-order valence-corrected chi connectivity index (χ4v) is 3.78. The lowest BCUT2D eigenvalue weighted by Crippen LogP contribution is -2.58. The van der Waals surface area contributed by atoms with Gasteiger partial charge in [0, 0.05) is 37.3 Å². The normalized spacial score (nSPS) is 31.7. The molecule has 1 aliphatic carbocycles. The third-order valence-electron chi connectivity index (χ3n) is 5.34. The molecule has 2 fully saturated rings. The smallest absolute Gasteiger partial charge is 0.0470 e. The zero-order valence-corrected chi connectivity index (χ0v) is 12.5. The van der Waals surface area contributed by atoms with E-state index in [1.54, 1.807) is 0 Å². The quantitative estimate of drug-likeness (QED) is 0.832. The Kier molecular flexibility index (Phi) is 4.68. The summed E-state index contributed by atoms with van der Waals surface area (Å²) in [6, 6.07) is 1.42. The third-order valence-corrected chi connectivity index (χ3v) is 5.34. The Bertz CT molecular complexity index is 260. The fourth-order valence-electron chi connectivity index (χ4n) is 3.78. The summed E-state index contributed by atoms with van der Waals surface area (Å²) in [7, 11) is 2.33. The molecule has 1 unspecified atom stereocenters. The summed E-state index contributed by atoms with van der Waals surface area (Å²) in [6.45, 7) is 7.78. The van der Waals surface area contributed by atoms with Crippen LogP contribution in [-0.2, 0) is 0 Å². The molecule has 3 heteroatoms. The topological polar surface area (TPSA) is 32.5 Å². The molecule has 1 saturated heterocycles. The van der Waals surface area contributed by atoms with E-state index in [9.17, 15) is 0 Å². The summed E-state index contributed by atoms with van der Waals surface area (Å²) < 4.78 is 0. The molecular formula is C15H31N3. The van der Waals surface area contributed by atoms with Crippen molar-refractivity contribution in [1.82, 2.24) is 9.80 Å². The summed E-state index contributed by atoms with van der Waals surface area (Å²) in [5.74, 6) is 0. The van der Waals surface area contributed by atoms with Crippen molar-refractivity contribution in [3.63, 3.8) is 0 Å². The fraction of sp³-hybridized carbons (Fsp3) is 1.00. The summed E-state index contributed by atoms with van der Waals surface area (Å²) in [4.78, 5) is 5.24. The van der Waals surface area contributed by atoms with Crippen molar-refractivity contribution in [2.45, 2.75) is 70.0 Å². The van der Waals surface area contributed by atoms with E-state index < -0.39 is 0 Å². The molecule has 1 heterocycles. The first kappa shape index (κ1) is 14.3. The highest BCUT2D eigenvalue weighted by Crippen LogP contribution is 2.33. The summed E-state index contributed by atoms with van der Waals surface area (Å²) in [6.07, 6.45) is 8.24. The number of hydrogen-bond acceptors (Lipinski definition) is 3. The molecule has 0 spiro atoms. The average Bonchev–Trinajstić information content (AvgIpc) is 2.85. The average molecular weight is 253 g/mol. The van der Waals surface area contributed by atoms with Crippen molar-refractivity contribution in [1.29, 1.82) is 0 Å². The van der Waals surface area contributed by atoms with Crippen molar-refractivity contribution in [2.24, 2.45) is 5.73 Å². The Morgan fingerprint density at radius 2 is 1.94 bits per heavy atom. The first-order valence-electron chi connectivity index (χ1n) is 7.76. The molecule has 2 aliphatic rings. The van der Waals surface area contributed by atoms with E-state index in [-0.39, 0.29) is 5.54 Å². The van der Waals surface area contributed by atoms with Crippen LogP contribution in [0.25, 0.3) is 0 Å². The van der Waals surface area contributed by atoms with Crippen LogP contribution in [0.15, 0.2) is 0 Å². The van der Waals surface area contributed by atoms with Gasteiger partial charge in [0.1, 0.15) is 0 Å². The van der Waals surface area contributed by atoms with Gasteiger partial charge in [-0.3, -0.25) is 9.80 Å². The molecule has 0 bridgehead atoms. The second kappa shape index (κ2) is 5.89. The van der Waals surface area contributed by atoms with Gasteiger partial charge >= 0.3 is 0 Å². The molecule has 18 heavy (non-hydrogen) atoms. The molecular weight excluding hydrogens is 222 g/mol. The molecule has 2 N–H and O–H groups in total. The van der Waals surface area contributed by atoms with Crippen LogP contribution in [0, 0.1) is 0 Å². The largest absolute Gasteiger partial charge is 0.329 e. The molecule has 0 aromatic heterocycles. The first-order chi connectivity index (χ1) is 8.59. The molecule has 2 rings (SSSR count). The van der Waals surface area contributed by atoms with Crippen molar-refractivity contribution < 1.29 is 0 Å². The Morgan fingerprint density at radius 1 is 1.28 bits per heavy atom. The third kappa shape index (κ3) is 2.73. The maximum Gasteiger partial charge on any atom is 0.0470 e. The van der Waals surface area contributed by atoms with Crippen LogP contribution in [0.5, 0.6) is 0 Å². The SMILES string of the molecule is CC(C)N1CCC(CN)(N(C)C2CCCCC2)C1. The van der Waals surface area contributed by atoms with Gasteiger partial charge in [-0.15, -0.1) is 0 Å². The Balaban J connectivity index is 2.03. The van der Waals surface area contributed by atoms with E-state index in [4.69, 9.17) is 5.73 Å². The van der Waals surface area contributed by atoms with Crippen molar-refractivity contribution in [3.8, 4) is 0 Å². The highest BCUT2D eigenvalue weighted by molar-refractivity contribution is 5.01. The maximum atomic E-state index is 6.17. The summed E-state index contributed by atoms with van der Waals surface area (Å²) in [5.41, 5.74) is 6.41. The van der Waals surface area contributed by atoms with Crippen LogP contribution in [0.1, 0.15) is 52.4 Å². The number of rotatable bonds is 4. The van der Waals surface area contributed by atoms with Crippen LogP contribution in [0.2, 0.25) is 0 Å². The molecule has 3 nitrogen and oxygen atoms in total. The van der Waals surface area contributed by atoms with E-state index >= 15 is 0 Å². The van der Waals surface area contributed by atoms with Crippen LogP contribution in [0.3, 0.4) is 0 Å². The highest BCUT2D eigenvalue weighted by atomic mass is 15.3. The van der Waals surface area contributed by atoms with Crippen LogP contribution in [-0.4, -0.2) is 54.1 Å². The minimum absolute atomic E-state index is 0.242. The number of likely N-dealkylation sites (N-methyl/N-ethyl adjacent to an activating group) is 1. The van der Waals surface area contributed by atoms with Gasteiger partial charge < -0.3 is 5.73 Å². The number of likely N-dealkylation sites (tertiary alicyclic amines) is 1. The first-order valence-corrected chi connectivity index (χ1v) is 7.76. The highest BCUT2D eigenvalue weighted by Gasteiger charge is 2.43. The minimum Gasteiger partial charge on any atom is -0.329 e. The van der Waals surface area contributed by atoms with E-state index in [1.165, 1.54) is 45.1 Å². The second-order valence-corrected chi connectivity index (χ2v) is 6.65. The van der Waals surface area contributed by atoms with Crippen molar-refractivity contribution in [2.75, 3.05) is 26.7 Å². The van der Waals surface area contributed by atoms with Gasteiger partial charge in [-0.1, -0.05) is 19.3 Å². The zero-order chi connectivity index (χ0) is 13.2. The summed E-state index contributed by atoms with van der Waals surface area (Å²) >= 11 is 0. The van der Waals surface area contributed by atoms with Gasteiger partial charge in [0.05, 0.1) is 0 Å². The van der Waals surface area contributed by atoms with Crippen molar-refractivity contribution >= 4 is 0 Å². The molecule has 0 aromatic carbocycles. The van der Waals surface area contributed by atoms with Gasteiger partial charge in [-0.05, 0) is 40.2 Å². The molecule has 0 aromatic rings. The number of nitrogens with zero attached hydrogens (tertiary/aromatic N) is 2. The van der Waals surface area contributed by atoms with E-state index in [0.717, 1.165) is 19.1 Å². The lowest BCUT2D eigenvalue weighted by atomic mass is 9.88. The molecule has 106 valence electrons. The Labute approximate surface area is 113 Å². The monoisotopic (exact) mass is 253 g/mol. The summed E-state index contributed by atoms with van der Waals surface area (Å²) in [5, 5.41) is 0. The van der Waals surface area contributed by atoms with E-state index in [2.05, 4.69) is 30.7 Å². The van der Waals surface area contributed by atoms with Gasteiger partial charge in [-0.25, -0.2) is 0 Å². The number of hydrogen-bond donors (Lipinski definition) is 1. The predicted molar refractivity (Wildman–Crippen MR) is 77.7 cm³/mol. The van der Waals surface area contributed by atoms with Crippen molar-refractivity contribution in [3.05, 3.63) is 0 Å². The van der Waals surface area contributed by atoms with Gasteiger partial charge in [0.2, 0.25) is 0 Å². The van der Waals surface area contributed by atoms with Crippen LogP contribution < -0.4 is 5.73 Å². The molecule has 1 aliphatic heterocycles. The molecule has 1 atom stereocenters. The van der Waals surface area contributed by atoms with E-state index in [1.807, 2.05) is 0 Å². The van der Waals surface area contributed by atoms with Gasteiger partial charge in [0.25, 0.3) is 0 Å². The molecule has 0 amide bonds. The predicted octanol–water partition coefficient (Wildman–Crippen LogP) is 2.06. The Morgan fingerprint density at radius 3 is 2.44 bits per heavy atom. The standard InChI is InChI=1S/C15H31N3/c1-13(2)18-10-9-15(11-16,12-18)17(3)14-7-5-4-6-8-14/h13-14H,4-12,16H2,1-3H3. The lowest BCUT2D eigenvalue weighted by Gasteiger charge is -2.44. The maximum absolute atomic E-state index is 6.17. The van der Waals surface area contributed by atoms with Crippen LogP contribution >= 0.6 is 0 Å².